The van der Waals surface area contributed by atoms with Gasteiger partial charge in [0, 0.05) is 0 Å². The Hall–Kier alpha value is -0.920. The van der Waals surface area contributed by atoms with E-state index in [1.54, 1.807) is 0 Å². The van der Waals surface area contributed by atoms with Crippen molar-refractivity contribution in [3.63, 3.8) is 0 Å². The van der Waals surface area contributed by atoms with Crippen LogP contribution in [0.15, 0.2) is 0 Å². The van der Waals surface area contributed by atoms with Crippen LogP contribution in [0.25, 0.3) is 0 Å². The number of hydrogen-bond donors (Lipinski definition) is 1. The quantitative estimate of drug-likeness (QED) is 0.631. The minimum absolute atomic E-state index is 2.08. The summed E-state index contributed by atoms with van der Waals surface area (Å²) in [6.45, 7) is 0. The maximum absolute atomic E-state index is 11.6. The summed E-state index contributed by atoms with van der Waals surface area (Å²) in [6.07, 6.45) is -10.6. The Morgan fingerprint density at radius 3 is 1.64 bits per heavy atom. The molecule has 0 aliphatic heterocycles. The second-order valence-corrected chi connectivity index (χ2v) is 1.43. The lowest BCUT2D eigenvalue weighted by atomic mass is 10.6. The zero-order valence-corrected chi connectivity index (χ0v) is 4.78. The van der Waals surface area contributed by atoms with Crippen LogP contribution in [0.3, 0.4) is 0 Å². The maximum Gasteiger partial charge on any atom is 0.527 e. The van der Waals surface area contributed by atoms with E-state index in [1.165, 1.54) is 0 Å². The molecule has 0 spiro atoms. The smallest absolute Gasteiger partial charge is 0.362 e. The Labute approximate surface area is 56.9 Å². The fourth-order valence-corrected chi connectivity index (χ4v) is 0.196. The van der Waals surface area contributed by atoms with Crippen LogP contribution >= 0.6 is 0 Å². The monoisotopic (exact) mass is 179 g/mol. The third-order valence-corrected chi connectivity index (χ3v) is 0.531. The lowest BCUT2D eigenvalue weighted by Crippen LogP contribution is -2.42. The molecule has 0 aromatic heterocycles. The van der Waals surface area contributed by atoms with Crippen molar-refractivity contribution in [3.8, 4) is 0 Å². The maximum atomic E-state index is 11.6. The number of carbonyl (C=O) groups excluding carboxylic acids is 1. The molecule has 0 atom stereocenters. The first kappa shape index (κ1) is 10.1. The van der Waals surface area contributed by atoms with E-state index in [2.05, 4.69) is 10.5 Å². The Morgan fingerprint density at radius 1 is 1.18 bits per heavy atom. The molecule has 0 bridgehead atoms. The molecule has 0 radical (unpaired) electrons. The van der Waals surface area contributed by atoms with E-state index < -0.39 is 18.4 Å². The molecule has 0 saturated heterocycles. The molecule has 0 saturated carbocycles. The third-order valence-electron chi connectivity index (χ3n) is 0.531. The van der Waals surface area contributed by atoms with Crippen molar-refractivity contribution in [2.45, 2.75) is 12.5 Å². The summed E-state index contributed by atoms with van der Waals surface area (Å²) in [5, 5.41) is 0. The van der Waals surface area contributed by atoms with Crippen LogP contribution in [-0.2, 0) is 9.53 Å². The first-order valence-electron chi connectivity index (χ1n) is 2.10. The number of rotatable bonds is 2. The van der Waals surface area contributed by atoms with E-state index in [0.29, 0.717) is 0 Å². The highest BCUT2D eigenvalue weighted by Crippen LogP contribution is 2.27. The highest BCUT2D eigenvalue weighted by atomic mass is 19.4. The third kappa shape index (κ3) is 3.71. The molecular weight excluding hydrogens is 177 g/mol. The molecule has 11 heavy (non-hydrogen) atoms. The summed E-state index contributed by atoms with van der Waals surface area (Å²) in [7, 11) is 0. The van der Waals surface area contributed by atoms with Crippen molar-refractivity contribution in [2.24, 2.45) is 5.73 Å². The van der Waals surface area contributed by atoms with Gasteiger partial charge in [0.2, 0.25) is 0 Å². The number of hydrogen-bond acceptors (Lipinski definition) is 2. The molecular formula is C3H2F5NO2. The van der Waals surface area contributed by atoms with E-state index in [-0.39, 0.29) is 0 Å². The van der Waals surface area contributed by atoms with Gasteiger partial charge in [-0.3, -0.25) is 4.79 Å². The summed E-state index contributed by atoms with van der Waals surface area (Å²) in [4.78, 5) is 9.55. The molecule has 0 fully saturated rings. The minimum Gasteiger partial charge on any atom is -0.362 e. The molecule has 0 rings (SSSR count). The molecule has 0 aliphatic rings. The molecule has 0 aromatic rings. The van der Waals surface area contributed by atoms with Gasteiger partial charge < -0.3 is 5.73 Å². The van der Waals surface area contributed by atoms with Crippen molar-refractivity contribution < 1.29 is 31.5 Å². The first-order valence-corrected chi connectivity index (χ1v) is 2.10. The molecule has 0 aliphatic carbocycles. The highest BCUT2D eigenvalue weighted by Gasteiger charge is 2.49. The fraction of sp³-hybridized carbons (Fsp3) is 0.667. The number of carbonyl (C=O) groups is 1. The van der Waals surface area contributed by atoms with Crippen molar-refractivity contribution in [1.29, 1.82) is 0 Å². The second-order valence-electron chi connectivity index (χ2n) is 1.43. The van der Waals surface area contributed by atoms with E-state index >= 15 is 0 Å². The van der Waals surface area contributed by atoms with Crippen LogP contribution in [0, 0.1) is 0 Å². The van der Waals surface area contributed by atoms with Crippen LogP contribution in [0.1, 0.15) is 0 Å². The van der Waals surface area contributed by atoms with E-state index in [1.807, 2.05) is 0 Å². The topological polar surface area (TPSA) is 52.3 Å². The standard InChI is InChI=1S/C3H2F5NO2/c4-2(5,1(9)10)11-3(6,7)8/h(H2,9,10). The number of amides is 1. The Balaban J connectivity index is 4.25. The number of ether oxygens (including phenoxy) is 1. The second kappa shape index (κ2) is 2.61. The molecule has 3 nitrogen and oxygen atoms in total. The molecule has 8 heteroatoms. The molecule has 1 amide bonds. The van der Waals surface area contributed by atoms with E-state index in [0.717, 1.165) is 0 Å². The summed E-state index contributed by atoms with van der Waals surface area (Å²) < 4.78 is 58.3. The number of nitrogens with two attached hydrogens (primary N) is 1. The van der Waals surface area contributed by atoms with Crippen LogP contribution < -0.4 is 5.73 Å². The number of halogens is 5. The van der Waals surface area contributed by atoms with Crippen molar-refractivity contribution >= 4 is 5.91 Å². The van der Waals surface area contributed by atoms with Gasteiger partial charge in [0.15, 0.2) is 0 Å². The van der Waals surface area contributed by atoms with Crippen molar-refractivity contribution in [1.82, 2.24) is 0 Å². The van der Waals surface area contributed by atoms with Crippen LogP contribution in [-0.4, -0.2) is 18.4 Å². The Morgan fingerprint density at radius 2 is 1.55 bits per heavy atom. The Bertz CT molecular complexity index is 164. The minimum atomic E-state index is -5.58. The normalized spacial score (nSPS) is 13.2. The van der Waals surface area contributed by atoms with Gasteiger partial charge in [0.1, 0.15) is 0 Å². The number of primary amides is 1. The summed E-state index contributed by atoms with van der Waals surface area (Å²) >= 11 is 0. The van der Waals surface area contributed by atoms with E-state index in [4.69, 9.17) is 0 Å². The number of alkyl halides is 5. The van der Waals surface area contributed by atoms with Gasteiger partial charge in [-0.15, -0.1) is 13.2 Å². The van der Waals surface area contributed by atoms with Gasteiger partial charge in [-0.05, 0) is 0 Å². The van der Waals surface area contributed by atoms with Crippen molar-refractivity contribution in [3.05, 3.63) is 0 Å². The molecule has 0 aromatic carbocycles. The lowest BCUT2D eigenvalue weighted by Gasteiger charge is -2.13. The van der Waals surface area contributed by atoms with Gasteiger partial charge in [-0.25, -0.2) is 4.74 Å². The summed E-state index contributed by atoms with van der Waals surface area (Å²) in [5.41, 5.74) is 3.86. The molecule has 0 unspecified atom stereocenters. The fourth-order valence-electron chi connectivity index (χ4n) is 0.196. The SMILES string of the molecule is NC(=O)C(F)(F)OC(F)(F)F. The first-order chi connectivity index (χ1) is 4.65. The van der Waals surface area contributed by atoms with Gasteiger partial charge >= 0.3 is 18.4 Å². The van der Waals surface area contributed by atoms with Crippen LogP contribution in [0.4, 0.5) is 22.0 Å². The van der Waals surface area contributed by atoms with Gasteiger partial charge in [0.05, 0.1) is 0 Å². The van der Waals surface area contributed by atoms with E-state index in [9.17, 15) is 26.7 Å². The molecule has 0 heterocycles. The zero-order chi connectivity index (χ0) is 9.28. The average molecular weight is 179 g/mol. The molecule has 2 N–H and O–H groups in total. The van der Waals surface area contributed by atoms with Gasteiger partial charge in [-0.1, -0.05) is 0 Å². The van der Waals surface area contributed by atoms with Crippen LogP contribution in [0.5, 0.6) is 0 Å². The van der Waals surface area contributed by atoms with Crippen molar-refractivity contribution in [2.75, 3.05) is 0 Å². The molecule has 66 valence electrons. The Kier molecular flexibility index (Phi) is 2.39. The largest absolute Gasteiger partial charge is 0.527 e. The highest BCUT2D eigenvalue weighted by molar-refractivity contribution is 5.79. The van der Waals surface area contributed by atoms with Crippen LogP contribution in [0.2, 0.25) is 0 Å². The predicted octanol–water partition coefficient (Wildman–Crippen LogP) is 0.601. The lowest BCUT2D eigenvalue weighted by molar-refractivity contribution is -0.409. The summed E-state index contributed by atoms with van der Waals surface area (Å²) in [5.74, 6) is -2.49. The predicted molar refractivity (Wildman–Crippen MR) is 21.3 cm³/mol. The zero-order valence-electron chi connectivity index (χ0n) is 4.78. The van der Waals surface area contributed by atoms with Gasteiger partial charge in [0.25, 0.3) is 0 Å². The average Bonchev–Trinajstić information content (AvgIpc) is 1.56. The summed E-state index contributed by atoms with van der Waals surface area (Å²) in [6, 6.07) is 0. The van der Waals surface area contributed by atoms with Gasteiger partial charge in [-0.2, -0.15) is 8.78 Å².